The first-order chi connectivity index (χ1) is 15.7. The van der Waals surface area contributed by atoms with Gasteiger partial charge in [0, 0.05) is 0 Å². The molecule has 33 heavy (non-hydrogen) atoms. The van der Waals surface area contributed by atoms with Crippen LogP contribution in [0, 0.1) is 29.6 Å². The number of halogens is 3. The van der Waals surface area contributed by atoms with Crippen molar-refractivity contribution < 1.29 is 27.4 Å². The van der Waals surface area contributed by atoms with Crippen molar-refractivity contribution in [1.82, 2.24) is 0 Å². The Morgan fingerprint density at radius 3 is 2.09 bits per heavy atom. The lowest BCUT2D eigenvalue weighted by Gasteiger charge is -2.62. The van der Waals surface area contributed by atoms with Gasteiger partial charge in [-0.1, -0.05) is 32.0 Å². The molecule has 0 atom stereocenters. The quantitative estimate of drug-likeness (QED) is 0.352. The fraction of sp³-hybridized carbons (Fsp3) is 0.519. The van der Waals surface area contributed by atoms with E-state index in [0.29, 0.717) is 17.6 Å². The van der Waals surface area contributed by atoms with E-state index in [9.17, 15) is 18.0 Å². The van der Waals surface area contributed by atoms with Crippen LogP contribution < -0.4 is 9.47 Å². The van der Waals surface area contributed by atoms with Crippen molar-refractivity contribution in [3.63, 3.8) is 0 Å². The van der Waals surface area contributed by atoms with Crippen LogP contribution in [0.5, 0.6) is 11.5 Å². The van der Waals surface area contributed by atoms with E-state index in [2.05, 4.69) is 13.8 Å². The van der Waals surface area contributed by atoms with Crippen LogP contribution in [-0.2, 0) is 6.18 Å². The molecule has 4 aliphatic carbocycles. The zero-order chi connectivity index (χ0) is 23.4. The number of alkyl halides is 3. The molecular weight excluding hydrogens is 429 g/mol. The average molecular weight is 459 g/mol. The van der Waals surface area contributed by atoms with Crippen LogP contribution in [0.25, 0.3) is 0 Å². The largest absolute Gasteiger partial charge is 0.486 e. The Morgan fingerprint density at radius 1 is 0.939 bits per heavy atom. The predicted octanol–water partition coefficient (Wildman–Crippen LogP) is 7.15. The maximum Gasteiger partial charge on any atom is 0.419 e. The van der Waals surface area contributed by atoms with Gasteiger partial charge in [-0.25, -0.2) is 4.79 Å². The second-order valence-electron chi connectivity index (χ2n) is 10.3. The van der Waals surface area contributed by atoms with Gasteiger partial charge in [-0.05, 0) is 92.0 Å². The third-order valence-electron chi connectivity index (χ3n) is 8.08. The van der Waals surface area contributed by atoms with Crippen molar-refractivity contribution in [3.05, 3.63) is 59.7 Å². The zero-order valence-corrected chi connectivity index (χ0v) is 18.9. The second-order valence-corrected chi connectivity index (χ2v) is 10.3. The Morgan fingerprint density at radius 2 is 1.55 bits per heavy atom. The molecule has 0 heterocycles. The van der Waals surface area contributed by atoms with E-state index in [0.717, 1.165) is 31.7 Å². The highest BCUT2D eigenvalue weighted by Crippen LogP contribution is 2.62. The average Bonchev–Trinajstić information content (AvgIpc) is 2.75. The summed E-state index contributed by atoms with van der Waals surface area (Å²) in [7, 11) is 0. The monoisotopic (exact) mass is 458 g/mol. The standard InChI is InChI=1S/C27H29F3O3/c1-16(2)26(20-11-17-10-18(13-20)14-21(26)12-17)33-24-15-19(8-9-23(24)27(28,29)30)25(31)32-22-6-4-3-5-7-22/h3-9,15-18,20-21H,10-14H2,1-2H3. The van der Waals surface area contributed by atoms with E-state index in [-0.39, 0.29) is 29.1 Å². The molecule has 4 bridgehead atoms. The van der Waals surface area contributed by atoms with Crippen molar-refractivity contribution in [2.75, 3.05) is 0 Å². The van der Waals surface area contributed by atoms with E-state index in [4.69, 9.17) is 9.47 Å². The summed E-state index contributed by atoms with van der Waals surface area (Å²) in [5, 5.41) is 0. The van der Waals surface area contributed by atoms with Crippen LogP contribution in [0.1, 0.15) is 61.9 Å². The first-order valence-corrected chi connectivity index (χ1v) is 11.8. The SMILES string of the molecule is CC(C)C1(Oc2cc(C(=O)Oc3ccccc3)ccc2C(F)(F)F)C2CC3CC(C2)CC1C3. The Labute approximate surface area is 192 Å². The number of hydrogen-bond donors (Lipinski definition) is 0. The molecule has 4 saturated carbocycles. The van der Waals surface area contributed by atoms with Gasteiger partial charge in [0.1, 0.15) is 17.1 Å². The summed E-state index contributed by atoms with van der Waals surface area (Å²) in [6.45, 7) is 4.12. The molecule has 2 aromatic rings. The fourth-order valence-corrected chi connectivity index (χ4v) is 6.96. The molecule has 176 valence electrons. The van der Waals surface area contributed by atoms with Gasteiger partial charge in [0.25, 0.3) is 0 Å². The molecule has 6 rings (SSSR count). The molecule has 0 amide bonds. The van der Waals surface area contributed by atoms with Crippen molar-refractivity contribution >= 4 is 5.97 Å². The lowest BCUT2D eigenvalue weighted by atomic mass is 9.47. The molecule has 6 heteroatoms. The molecule has 0 spiro atoms. The van der Waals surface area contributed by atoms with Crippen LogP contribution in [0.15, 0.2) is 48.5 Å². The molecule has 4 aliphatic rings. The summed E-state index contributed by atoms with van der Waals surface area (Å²) in [4.78, 5) is 12.7. The highest BCUT2D eigenvalue weighted by atomic mass is 19.4. The van der Waals surface area contributed by atoms with Crippen LogP contribution in [0.3, 0.4) is 0 Å². The number of para-hydroxylation sites is 1. The number of carbonyl (C=O) groups excluding carboxylic acids is 1. The van der Waals surface area contributed by atoms with E-state index < -0.39 is 23.3 Å². The van der Waals surface area contributed by atoms with Gasteiger partial charge in [-0.15, -0.1) is 0 Å². The van der Waals surface area contributed by atoms with Crippen molar-refractivity contribution in [1.29, 1.82) is 0 Å². The number of ether oxygens (including phenoxy) is 2. The van der Waals surface area contributed by atoms with Crippen LogP contribution in [0.2, 0.25) is 0 Å². The molecule has 0 saturated heterocycles. The summed E-state index contributed by atoms with van der Waals surface area (Å²) >= 11 is 0. The summed E-state index contributed by atoms with van der Waals surface area (Å²) in [5.74, 6) is 1.26. The van der Waals surface area contributed by atoms with Crippen LogP contribution >= 0.6 is 0 Å². The first kappa shape index (κ1) is 22.3. The molecule has 4 fully saturated rings. The second kappa shape index (κ2) is 8.07. The Hall–Kier alpha value is -2.50. The maximum absolute atomic E-state index is 14.0. The molecule has 0 unspecified atom stereocenters. The van der Waals surface area contributed by atoms with E-state index in [1.165, 1.54) is 18.6 Å². The number of benzene rings is 2. The van der Waals surface area contributed by atoms with Crippen molar-refractivity contribution in [2.45, 2.75) is 57.7 Å². The molecule has 0 aromatic heterocycles. The molecule has 0 radical (unpaired) electrons. The molecule has 2 aromatic carbocycles. The van der Waals surface area contributed by atoms with E-state index in [1.807, 2.05) is 0 Å². The van der Waals surface area contributed by atoms with Gasteiger partial charge in [0.15, 0.2) is 0 Å². The third kappa shape index (κ3) is 3.91. The van der Waals surface area contributed by atoms with Crippen LogP contribution in [0.4, 0.5) is 13.2 Å². The Bertz CT molecular complexity index is 1000. The molecular formula is C27H29F3O3. The smallest absolute Gasteiger partial charge is 0.419 e. The third-order valence-corrected chi connectivity index (χ3v) is 8.08. The Kier molecular flexibility index (Phi) is 5.45. The van der Waals surface area contributed by atoms with Crippen molar-refractivity contribution in [2.24, 2.45) is 29.6 Å². The zero-order valence-electron chi connectivity index (χ0n) is 18.9. The summed E-state index contributed by atoms with van der Waals surface area (Å²) in [6, 6.07) is 11.8. The van der Waals surface area contributed by atoms with Gasteiger partial charge >= 0.3 is 12.1 Å². The predicted molar refractivity (Wildman–Crippen MR) is 118 cm³/mol. The fourth-order valence-electron chi connectivity index (χ4n) is 6.96. The lowest BCUT2D eigenvalue weighted by molar-refractivity contribution is -0.184. The molecule has 3 nitrogen and oxygen atoms in total. The summed E-state index contributed by atoms with van der Waals surface area (Å²) < 4.78 is 53.8. The van der Waals surface area contributed by atoms with Gasteiger partial charge in [-0.3, -0.25) is 0 Å². The highest BCUT2D eigenvalue weighted by Gasteiger charge is 2.60. The highest BCUT2D eigenvalue weighted by molar-refractivity contribution is 5.91. The van der Waals surface area contributed by atoms with Crippen molar-refractivity contribution in [3.8, 4) is 11.5 Å². The topological polar surface area (TPSA) is 35.5 Å². The van der Waals surface area contributed by atoms with Gasteiger partial charge in [0.05, 0.1) is 11.1 Å². The minimum Gasteiger partial charge on any atom is -0.486 e. The van der Waals surface area contributed by atoms with E-state index >= 15 is 0 Å². The summed E-state index contributed by atoms with van der Waals surface area (Å²) in [6.07, 6.45) is 0.728. The Balaban J connectivity index is 1.51. The number of rotatable bonds is 5. The molecule has 0 N–H and O–H groups in total. The number of hydrogen-bond acceptors (Lipinski definition) is 3. The van der Waals surface area contributed by atoms with Gasteiger partial charge in [-0.2, -0.15) is 13.2 Å². The van der Waals surface area contributed by atoms with E-state index in [1.54, 1.807) is 30.3 Å². The van der Waals surface area contributed by atoms with Gasteiger partial charge in [0.2, 0.25) is 0 Å². The lowest BCUT2D eigenvalue weighted by Crippen LogP contribution is -2.63. The number of esters is 1. The summed E-state index contributed by atoms with van der Waals surface area (Å²) in [5.41, 5.74) is -1.44. The van der Waals surface area contributed by atoms with Gasteiger partial charge < -0.3 is 9.47 Å². The minimum absolute atomic E-state index is 0.0459. The maximum atomic E-state index is 14.0. The normalized spacial score (nSPS) is 30.5. The number of carbonyl (C=O) groups is 1. The van der Waals surface area contributed by atoms with Crippen LogP contribution in [-0.4, -0.2) is 11.6 Å². The minimum atomic E-state index is -4.58. The first-order valence-electron chi connectivity index (χ1n) is 11.8. The molecule has 0 aliphatic heterocycles.